The average molecular weight is 438 g/mol. The van der Waals surface area contributed by atoms with Crippen LogP contribution in [0.4, 0.5) is 5.95 Å². The topological polar surface area (TPSA) is 122 Å². The maximum Gasteiger partial charge on any atom is 0.228 e. The molecule has 10 heteroatoms. The summed E-state index contributed by atoms with van der Waals surface area (Å²) >= 11 is 0. The van der Waals surface area contributed by atoms with Gasteiger partial charge in [0.1, 0.15) is 11.5 Å². The van der Waals surface area contributed by atoms with E-state index in [0.29, 0.717) is 18.4 Å². The van der Waals surface area contributed by atoms with E-state index in [0.717, 1.165) is 59.3 Å². The molecule has 0 aromatic carbocycles. The molecule has 32 heavy (non-hydrogen) atoms. The van der Waals surface area contributed by atoms with Gasteiger partial charge in [0.2, 0.25) is 11.8 Å². The molecule has 0 atom stereocenters. The monoisotopic (exact) mass is 437 g/mol. The molecular weight excluding hydrogens is 410 g/mol. The molecule has 1 fully saturated rings. The minimum atomic E-state index is 0.0661. The van der Waals surface area contributed by atoms with Crippen molar-refractivity contribution in [2.45, 2.75) is 44.8 Å². The molecule has 5 rings (SSSR count). The van der Waals surface area contributed by atoms with Crippen LogP contribution in [-0.2, 0) is 4.74 Å². The number of nitrogens with one attached hydrogen (secondary N) is 2. The van der Waals surface area contributed by atoms with E-state index >= 15 is 0 Å². The van der Waals surface area contributed by atoms with Crippen molar-refractivity contribution in [3.05, 3.63) is 30.4 Å². The molecule has 1 aliphatic carbocycles. The Morgan fingerprint density at radius 1 is 1.19 bits per heavy atom. The van der Waals surface area contributed by atoms with Gasteiger partial charge >= 0.3 is 0 Å². The largest absolute Gasteiger partial charge is 0.480 e. The molecule has 1 aliphatic rings. The van der Waals surface area contributed by atoms with Gasteiger partial charge in [-0.25, -0.2) is 0 Å². The first kappa shape index (κ1) is 20.7. The lowest BCUT2D eigenvalue weighted by Gasteiger charge is -2.29. The molecule has 0 bridgehead atoms. The van der Waals surface area contributed by atoms with Crippen LogP contribution in [0.25, 0.3) is 27.8 Å². The molecule has 4 heterocycles. The van der Waals surface area contributed by atoms with Crippen molar-refractivity contribution < 1.29 is 14.6 Å². The Hall–Kier alpha value is -3.24. The second-order valence-electron chi connectivity index (χ2n) is 8.09. The standard InChI is InChI=1S/C22H27N7O3/c1-13-27-28-18-8-3-14(12-29(13)18)17-11-23-20-19(17)21(31-2)26-22(25-20)24-15-4-6-16(7-5-15)32-10-9-30/h3,8,11-12,15-16,30H,4-7,9-10H2,1-2H3,(H2,23,24,25,26)/t15-,16+. The summed E-state index contributed by atoms with van der Waals surface area (Å²) in [6, 6.07) is 4.23. The number of H-pyrrole nitrogens is 1. The third-order valence-electron chi connectivity index (χ3n) is 6.03. The summed E-state index contributed by atoms with van der Waals surface area (Å²) < 4.78 is 13.3. The van der Waals surface area contributed by atoms with Crippen LogP contribution >= 0.6 is 0 Å². The third-order valence-corrected chi connectivity index (χ3v) is 6.03. The number of pyridine rings is 1. The smallest absolute Gasteiger partial charge is 0.228 e. The summed E-state index contributed by atoms with van der Waals surface area (Å²) in [4.78, 5) is 12.6. The van der Waals surface area contributed by atoms with Gasteiger partial charge in [0.05, 0.1) is 31.8 Å². The Bertz CT molecular complexity index is 1230. The minimum Gasteiger partial charge on any atom is -0.480 e. The second-order valence-corrected chi connectivity index (χ2v) is 8.09. The van der Waals surface area contributed by atoms with Crippen LogP contribution in [0.1, 0.15) is 31.5 Å². The van der Waals surface area contributed by atoms with Crippen molar-refractivity contribution in [1.29, 1.82) is 0 Å². The predicted octanol–water partition coefficient (Wildman–Crippen LogP) is 2.72. The summed E-state index contributed by atoms with van der Waals surface area (Å²) in [6.45, 7) is 2.39. The van der Waals surface area contributed by atoms with Crippen molar-refractivity contribution in [3.63, 3.8) is 0 Å². The highest BCUT2D eigenvalue weighted by Crippen LogP contribution is 2.35. The van der Waals surface area contributed by atoms with Crippen molar-refractivity contribution in [2.24, 2.45) is 0 Å². The summed E-state index contributed by atoms with van der Waals surface area (Å²) in [5, 5.41) is 21.5. The molecule has 0 unspecified atom stereocenters. The maximum absolute atomic E-state index is 8.93. The molecule has 0 amide bonds. The molecule has 0 aliphatic heterocycles. The molecule has 0 spiro atoms. The number of hydrogen-bond acceptors (Lipinski definition) is 8. The number of rotatable bonds is 7. The Labute approximate surface area is 185 Å². The fourth-order valence-corrected chi connectivity index (χ4v) is 4.38. The van der Waals surface area contributed by atoms with Gasteiger partial charge in [-0.1, -0.05) is 0 Å². The SMILES string of the molecule is COc1nc(N[C@H]2CC[C@@H](OCCO)CC2)nc2[nH]cc(-c3ccc4nnc(C)n4c3)c12. The normalized spacial score (nSPS) is 19.0. The number of ether oxygens (including phenoxy) is 2. The van der Waals surface area contributed by atoms with Crippen LogP contribution in [0.5, 0.6) is 5.88 Å². The van der Waals surface area contributed by atoms with Gasteiger partial charge < -0.3 is 24.9 Å². The van der Waals surface area contributed by atoms with Crippen molar-refractivity contribution in [2.75, 3.05) is 25.6 Å². The zero-order chi connectivity index (χ0) is 22.1. The van der Waals surface area contributed by atoms with Gasteiger partial charge in [-0.05, 0) is 44.7 Å². The van der Waals surface area contributed by atoms with Gasteiger partial charge in [-0.2, -0.15) is 9.97 Å². The van der Waals surface area contributed by atoms with E-state index < -0.39 is 0 Å². The van der Waals surface area contributed by atoms with Crippen LogP contribution < -0.4 is 10.1 Å². The quantitative estimate of drug-likeness (QED) is 0.403. The summed E-state index contributed by atoms with van der Waals surface area (Å²) in [7, 11) is 1.62. The van der Waals surface area contributed by atoms with E-state index in [1.807, 2.05) is 35.9 Å². The summed E-state index contributed by atoms with van der Waals surface area (Å²) in [6.07, 6.45) is 7.99. The Morgan fingerprint density at radius 3 is 2.81 bits per heavy atom. The van der Waals surface area contributed by atoms with Crippen LogP contribution in [0.2, 0.25) is 0 Å². The molecule has 0 radical (unpaired) electrons. The summed E-state index contributed by atoms with van der Waals surface area (Å²) in [5.41, 5.74) is 3.47. The number of aliphatic hydroxyl groups excluding tert-OH is 1. The number of nitrogens with zero attached hydrogens (tertiary/aromatic N) is 5. The number of anilines is 1. The Kier molecular flexibility index (Phi) is 5.62. The van der Waals surface area contributed by atoms with E-state index in [1.54, 1.807) is 7.11 Å². The number of aryl methyl sites for hydroxylation is 1. The minimum absolute atomic E-state index is 0.0661. The number of methoxy groups -OCH3 is 1. The first-order valence-electron chi connectivity index (χ1n) is 10.9. The first-order valence-corrected chi connectivity index (χ1v) is 10.9. The maximum atomic E-state index is 8.93. The molecule has 4 aromatic heterocycles. The lowest BCUT2D eigenvalue weighted by Crippen LogP contribution is -2.30. The second kappa shape index (κ2) is 8.71. The lowest BCUT2D eigenvalue weighted by molar-refractivity contribution is 0.00719. The summed E-state index contributed by atoms with van der Waals surface area (Å²) in [5.74, 6) is 1.90. The molecule has 168 valence electrons. The molecule has 1 saturated carbocycles. The molecule has 3 N–H and O–H groups in total. The van der Waals surface area contributed by atoms with E-state index in [4.69, 9.17) is 19.6 Å². The van der Waals surface area contributed by atoms with E-state index in [9.17, 15) is 0 Å². The number of fused-ring (bicyclic) bond motifs is 2. The molecule has 4 aromatic rings. The van der Waals surface area contributed by atoms with Crippen LogP contribution in [0.3, 0.4) is 0 Å². The molecule has 0 saturated heterocycles. The van der Waals surface area contributed by atoms with Gasteiger partial charge in [0.15, 0.2) is 5.65 Å². The first-order chi connectivity index (χ1) is 15.7. The highest BCUT2D eigenvalue weighted by atomic mass is 16.5. The number of aromatic amines is 1. The van der Waals surface area contributed by atoms with Gasteiger partial charge in [-0.3, -0.25) is 4.40 Å². The van der Waals surface area contributed by atoms with E-state index in [1.165, 1.54) is 0 Å². The number of aromatic nitrogens is 6. The third kappa shape index (κ3) is 3.87. The van der Waals surface area contributed by atoms with E-state index in [2.05, 4.69) is 25.5 Å². The van der Waals surface area contributed by atoms with Crippen LogP contribution in [0.15, 0.2) is 24.5 Å². The van der Waals surface area contributed by atoms with Crippen molar-refractivity contribution in [3.8, 4) is 17.0 Å². The lowest BCUT2D eigenvalue weighted by atomic mass is 9.93. The van der Waals surface area contributed by atoms with Crippen molar-refractivity contribution in [1.82, 2.24) is 29.5 Å². The Balaban J connectivity index is 1.40. The Morgan fingerprint density at radius 2 is 2.03 bits per heavy atom. The average Bonchev–Trinajstić information content (AvgIpc) is 3.41. The molecular formula is C22H27N7O3. The zero-order valence-electron chi connectivity index (χ0n) is 18.2. The number of hydrogen-bond donors (Lipinski definition) is 3. The fraction of sp³-hybridized carbons (Fsp3) is 0.455. The van der Waals surface area contributed by atoms with Crippen LogP contribution in [0, 0.1) is 6.92 Å². The van der Waals surface area contributed by atoms with Gasteiger partial charge in [0.25, 0.3) is 0 Å². The van der Waals surface area contributed by atoms with Gasteiger partial charge in [-0.15, -0.1) is 10.2 Å². The highest BCUT2D eigenvalue weighted by Gasteiger charge is 2.23. The van der Waals surface area contributed by atoms with E-state index in [-0.39, 0.29) is 18.8 Å². The fourth-order valence-electron chi connectivity index (χ4n) is 4.38. The van der Waals surface area contributed by atoms with Crippen molar-refractivity contribution >= 4 is 22.6 Å². The van der Waals surface area contributed by atoms with Gasteiger partial charge in [0, 0.05) is 29.6 Å². The molecule has 10 nitrogen and oxygen atoms in total. The number of aliphatic hydroxyl groups is 1. The highest BCUT2D eigenvalue weighted by molar-refractivity contribution is 5.97. The zero-order valence-corrected chi connectivity index (χ0v) is 18.2. The van der Waals surface area contributed by atoms with Crippen LogP contribution in [-0.4, -0.2) is 67.1 Å². The predicted molar refractivity (Wildman–Crippen MR) is 120 cm³/mol.